The van der Waals surface area contributed by atoms with Crippen molar-refractivity contribution in [3.8, 4) is 28.2 Å². The van der Waals surface area contributed by atoms with Crippen molar-refractivity contribution in [1.29, 1.82) is 0 Å². The number of hydrogen-bond donors (Lipinski definition) is 0. The first-order valence-electron chi connectivity index (χ1n) is 14.2. The summed E-state index contributed by atoms with van der Waals surface area (Å²) in [6, 6.07) is 37.8. The molecule has 0 aliphatic carbocycles. The molecule has 0 fully saturated rings. The van der Waals surface area contributed by atoms with E-state index < -0.39 is 0 Å². The fourth-order valence-electron chi connectivity index (χ4n) is 5.86. The van der Waals surface area contributed by atoms with E-state index in [9.17, 15) is 0 Å². The monoisotopic (exact) mass is 544 g/mol. The molecule has 5 heteroatoms. The first-order chi connectivity index (χ1) is 20.5. The molecular formula is C37H28N4O. The van der Waals surface area contributed by atoms with Gasteiger partial charge in [-0.3, -0.25) is 9.55 Å². The van der Waals surface area contributed by atoms with Gasteiger partial charge in [0.1, 0.15) is 11.4 Å². The van der Waals surface area contributed by atoms with Crippen LogP contribution in [0.4, 0.5) is 0 Å². The summed E-state index contributed by atoms with van der Waals surface area (Å²) in [4.78, 5) is 14.8. The molecule has 0 radical (unpaired) electrons. The summed E-state index contributed by atoms with van der Waals surface area (Å²) in [6.45, 7) is 6.50. The maximum atomic E-state index is 6.55. The number of pyridine rings is 2. The van der Waals surface area contributed by atoms with E-state index in [2.05, 4.69) is 121 Å². The molecule has 4 aromatic carbocycles. The van der Waals surface area contributed by atoms with Crippen molar-refractivity contribution in [3.05, 3.63) is 121 Å². The minimum atomic E-state index is -0.0784. The Morgan fingerprint density at radius 3 is 2.19 bits per heavy atom. The van der Waals surface area contributed by atoms with Crippen molar-refractivity contribution in [3.63, 3.8) is 0 Å². The molecule has 4 aromatic heterocycles. The lowest BCUT2D eigenvalue weighted by atomic mass is 9.91. The summed E-state index contributed by atoms with van der Waals surface area (Å²) in [6.07, 6.45) is 1.83. The first kappa shape index (κ1) is 24.5. The SMILES string of the molecule is CC(C)(C)c1ccc2c(n1)oc1c(-c3nc4ccc5ncccc5c4n3-c3ccc(-c4ccccc4)cc3)cccc12. The maximum Gasteiger partial charge on any atom is 0.227 e. The van der Waals surface area contributed by atoms with Crippen LogP contribution in [0.2, 0.25) is 0 Å². The lowest BCUT2D eigenvalue weighted by Gasteiger charge is -2.16. The average Bonchev–Trinajstić information content (AvgIpc) is 3.60. The minimum absolute atomic E-state index is 0.0784. The summed E-state index contributed by atoms with van der Waals surface area (Å²) in [5.41, 5.74) is 9.49. The van der Waals surface area contributed by atoms with Gasteiger partial charge in [-0.15, -0.1) is 0 Å². The van der Waals surface area contributed by atoms with Crippen LogP contribution in [0.15, 0.2) is 120 Å². The zero-order valence-corrected chi connectivity index (χ0v) is 23.7. The Morgan fingerprint density at radius 2 is 1.38 bits per heavy atom. The molecule has 0 saturated heterocycles. The molecule has 42 heavy (non-hydrogen) atoms. The number of aromatic nitrogens is 4. The summed E-state index contributed by atoms with van der Waals surface area (Å²) in [5.74, 6) is 0.814. The molecule has 202 valence electrons. The number of fused-ring (bicyclic) bond motifs is 6. The highest BCUT2D eigenvalue weighted by molar-refractivity contribution is 6.10. The van der Waals surface area contributed by atoms with Gasteiger partial charge in [-0.1, -0.05) is 75.4 Å². The van der Waals surface area contributed by atoms with Gasteiger partial charge in [-0.2, -0.15) is 0 Å². The van der Waals surface area contributed by atoms with Gasteiger partial charge >= 0.3 is 0 Å². The number of furan rings is 1. The highest BCUT2D eigenvalue weighted by atomic mass is 16.3. The van der Waals surface area contributed by atoms with E-state index in [1.807, 2.05) is 24.4 Å². The van der Waals surface area contributed by atoms with Gasteiger partial charge in [0.05, 0.1) is 22.1 Å². The molecule has 8 rings (SSSR count). The zero-order valence-electron chi connectivity index (χ0n) is 23.7. The molecule has 0 bridgehead atoms. The van der Waals surface area contributed by atoms with Gasteiger partial charge < -0.3 is 4.42 Å². The van der Waals surface area contributed by atoms with Crippen LogP contribution in [-0.4, -0.2) is 19.5 Å². The van der Waals surface area contributed by atoms with Crippen molar-refractivity contribution < 1.29 is 4.42 Å². The number of rotatable bonds is 3. The number of para-hydroxylation sites is 1. The van der Waals surface area contributed by atoms with Crippen molar-refractivity contribution in [1.82, 2.24) is 19.5 Å². The summed E-state index contributed by atoms with van der Waals surface area (Å²) < 4.78 is 8.79. The normalized spacial score (nSPS) is 12.2. The maximum absolute atomic E-state index is 6.55. The standard InChI is InChI=1S/C37H28N4O/c1-37(2,3)32-21-18-27-26-11-7-12-29(34(26)42-36(27)40-32)35-39-31-20-19-30-28(13-8-22-38-30)33(31)41(35)25-16-14-24(15-17-25)23-9-5-4-6-10-23/h4-22H,1-3H3. The van der Waals surface area contributed by atoms with Gasteiger partial charge in [-0.05, 0) is 65.7 Å². The van der Waals surface area contributed by atoms with Crippen LogP contribution in [0.5, 0.6) is 0 Å². The number of imidazole rings is 1. The van der Waals surface area contributed by atoms with Crippen LogP contribution in [0, 0.1) is 0 Å². The molecule has 8 aromatic rings. The molecule has 4 heterocycles. The highest BCUT2D eigenvalue weighted by Gasteiger charge is 2.23. The summed E-state index contributed by atoms with van der Waals surface area (Å²) in [5, 5.41) is 3.08. The van der Waals surface area contributed by atoms with Crippen molar-refractivity contribution in [2.45, 2.75) is 26.2 Å². The lowest BCUT2D eigenvalue weighted by molar-refractivity contribution is 0.562. The minimum Gasteiger partial charge on any atom is -0.437 e. The third-order valence-corrected chi connectivity index (χ3v) is 8.00. The second-order valence-electron chi connectivity index (χ2n) is 11.8. The molecule has 0 saturated carbocycles. The van der Waals surface area contributed by atoms with E-state index in [4.69, 9.17) is 14.4 Å². The zero-order chi connectivity index (χ0) is 28.4. The summed E-state index contributed by atoms with van der Waals surface area (Å²) >= 11 is 0. The van der Waals surface area contributed by atoms with Gasteiger partial charge in [0, 0.05) is 39.2 Å². The molecule has 5 nitrogen and oxygen atoms in total. The van der Waals surface area contributed by atoms with Crippen molar-refractivity contribution >= 4 is 44.0 Å². The molecule has 0 atom stereocenters. The molecule has 0 aliphatic heterocycles. The highest BCUT2D eigenvalue weighted by Crippen LogP contribution is 2.39. The van der Waals surface area contributed by atoms with Crippen LogP contribution in [-0.2, 0) is 5.41 Å². The van der Waals surface area contributed by atoms with E-state index in [0.717, 1.165) is 66.6 Å². The van der Waals surface area contributed by atoms with Gasteiger partial charge in [-0.25, -0.2) is 9.97 Å². The molecule has 0 amide bonds. The van der Waals surface area contributed by atoms with E-state index in [-0.39, 0.29) is 5.41 Å². The van der Waals surface area contributed by atoms with Gasteiger partial charge in [0.15, 0.2) is 0 Å². The van der Waals surface area contributed by atoms with E-state index in [1.54, 1.807) is 0 Å². The van der Waals surface area contributed by atoms with Crippen molar-refractivity contribution in [2.75, 3.05) is 0 Å². The smallest absolute Gasteiger partial charge is 0.227 e. The predicted molar refractivity (Wildman–Crippen MR) is 171 cm³/mol. The van der Waals surface area contributed by atoms with Crippen molar-refractivity contribution in [2.24, 2.45) is 0 Å². The fourth-order valence-corrected chi connectivity index (χ4v) is 5.86. The molecule has 0 N–H and O–H groups in total. The molecular weight excluding hydrogens is 516 g/mol. The third-order valence-electron chi connectivity index (χ3n) is 8.00. The first-order valence-corrected chi connectivity index (χ1v) is 14.2. The Balaban J connectivity index is 1.41. The summed E-state index contributed by atoms with van der Waals surface area (Å²) in [7, 11) is 0. The largest absolute Gasteiger partial charge is 0.437 e. The second kappa shape index (κ2) is 9.11. The van der Waals surface area contributed by atoms with Crippen LogP contribution < -0.4 is 0 Å². The number of benzene rings is 4. The third kappa shape index (κ3) is 3.81. The predicted octanol–water partition coefficient (Wildman–Crippen LogP) is 9.50. The average molecular weight is 545 g/mol. The van der Waals surface area contributed by atoms with Crippen LogP contribution >= 0.6 is 0 Å². The van der Waals surface area contributed by atoms with Crippen LogP contribution in [0.25, 0.3) is 72.2 Å². The Hall–Kier alpha value is -5.29. The van der Waals surface area contributed by atoms with E-state index >= 15 is 0 Å². The van der Waals surface area contributed by atoms with Gasteiger partial charge in [0.2, 0.25) is 5.71 Å². The van der Waals surface area contributed by atoms with Crippen LogP contribution in [0.3, 0.4) is 0 Å². The topological polar surface area (TPSA) is 56.7 Å². The lowest BCUT2D eigenvalue weighted by Crippen LogP contribution is -2.12. The molecule has 0 aliphatic rings. The Bertz CT molecular complexity index is 2270. The Morgan fingerprint density at radius 1 is 0.619 bits per heavy atom. The van der Waals surface area contributed by atoms with E-state index in [0.29, 0.717) is 5.71 Å². The quantitative estimate of drug-likeness (QED) is 0.222. The fraction of sp³-hybridized carbons (Fsp3) is 0.108. The van der Waals surface area contributed by atoms with Crippen LogP contribution in [0.1, 0.15) is 26.5 Å². The number of nitrogens with zero attached hydrogens (tertiary/aromatic N) is 4. The Labute approximate surface area is 243 Å². The second-order valence-corrected chi connectivity index (χ2v) is 11.8. The van der Waals surface area contributed by atoms with Gasteiger partial charge in [0.25, 0.3) is 0 Å². The molecule has 0 unspecified atom stereocenters. The Kier molecular flexibility index (Phi) is 5.32. The van der Waals surface area contributed by atoms with E-state index in [1.165, 1.54) is 5.56 Å². The number of hydrogen-bond acceptors (Lipinski definition) is 4. The molecule has 0 spiro atoms.